The summed E-state index contributed by atoms with van der Waals surface area (Å²) in [7, 11) is 0. The maximum atomic E-state index is 9.02. The summed E-state index contributed by atoms with van der Waals surface area (Å²) in [6.07, 6.45) is 4.33. The van der Waals surface area contributed by atoms with E-state index in [4.69, 9.17) is 10.8 Å². The van der Waals surface area contributed by atoms with Crippen LogP contribution in [0.1, 0.15) is 40.0 Å². The van der Waals surface area contributed by atoms with Crippen molar-refractivity contribution in [3.8, 4) is 0 Å². The van der Waals surface area contributed by atoms with Gasteiger partial charge in [-0.2, -0.15) is 0 Å². The van der Waals surface area contributed by atoms with Gasteiger partial charge in [0.2, 0.25) is 0 Å². The van der Waals surface area contributed by atoms with Gasteiger partial charge in [0.05, 0.1) is 6.10 Å². The average Bonchev–Trinajstić information content (AvgIpc) is 2.00. The molecule has 0 rings (SSSR count). The van der Waals surface area contributed by atoms with Crippen molar-refractivity contribution in [2.75, 3.05) is 0 Å². The lowest BCUT2D eigenvalue weighted by Crippen LogP contribution is -2.39. The van der Waals surface area contributed by atoms with Gasteiger partial charge in [0.25, 0.3) is 0 Å². The average molecular weight is 158 g/mol. The maximum absolute atomic E-state index is 9.02. The second-order valence-electron chi connectivity index (χ2n) is 3.23. The molecule has 1 radical (unpaired) electrons. The van der Waals surface area contributed by atoms with Gasteiger partial charge in [-0.15, -0.1) is 0 Å². The van der Waals surface area contributed by atoms with Gasteiger partial charge in [-0.25, -0.2) is 0 Å². The van der Waals surface area contributed by atoms with Crippen molar-refractivity contribution in [1.82, 2.24) is 0 Å². The molecule has 2 heteroatoms. The molecular weight excluding hydrogens is 138 g/mol. The van der Waals surface area contributed by atoms with Crippen LogP contribution in [0.3, 0.4) is 0 Å². The van der Waals surface area contributed by atoms with Crippen molar-refractivity contribution in [2.45, 2.75) is 51.7 Å². The number of aliphatic hydroxyl groups excluding tert-OH is 1. The molecule has 0 heterocycles. The van der Waals surface area contributed by atoms with Gasteiger partial charge in [0.15, 0.2) is 0 Å². The molecule has 0 aliphatic carbocycles. The third-order valence-corrected chi connectivity index (χ3v) is 2.18. The number of rotatable bonds is 5. The van der Waals surface area contributed by atoms with Crippen LogP contribution in [0.5, 0.6) is 0 Å². The van der Waals surface area contributed by atoms with Gasteiger partial charge in [0, 0.05) is 5.54 Å². The quantitative estimate of drug-likeness (QED) is 0.636. The molecule has 1 atom stereocenters. The van der Waals surface area contributed by atoms with Crippen molar-refractivity contribution in [2.24, 2.45) is 5.73 Å². The Bertz CT molecular complexity index is 97.7. The summed E-state index contributed by atoms with van der Waals surface area (Å²) in [6, 6.07) is 0. The Morgan fingerprint density at radius 3 is 2.18 bits per heavy atom. The van der Waals surface area contributed by atoms with Crippen LogP contribution in [0.4, 0.5) is 0 Å². The molecule has 67 valence electrons. The fraction of sp³-hybridized carbons (Fsp3) is 0.889. The van der Waals surface area contributed by atoms with Crippen molar-refractivity contribution >= 4 is 0 Å². The second-order valence-corrected chi connectivity index (χ2v) is 3.23. The molecule has 0 fully saturated rings. The van der Waals surface area contributed by atoms with Crippen LogP contribution in [0.2, 0.25) is 0 Å². The van der Waals surface area contributed by atoms with Gasteiger partial charge in [-0.3, -0.25) is 0 Å². The lowest BCUT2D eigenvalue weighted by Gasteiger charge is -2.26. The SMILES string of the molecule is CCC(N)([CH]CC(C)O)CC. The summed E-state index contributed by atoms with van der Waals surface area (Å²) in [5.41, 5.74) is 5.81. The standard InChI is InChI=1S/C9H20NO/c1-4-9(10,5-2)7-6-8(3)11/h7-8,11H,4-6,10H2,1-3H3. The molecule has 1 unspecified atom stereocenters. The predicted molar refractivity (Wildman–Crippen MR) is 48.1 cm³/mol. The zero-order valence-electron chi connectivity index (χ0n) is 7.80. The third kappa shape index (κ3) is 4.38. The van der Waals surface area contributed by atoms with Crippen LogP contribution in [-0.4, -0.2) is 16.7 Å². The van der Waals surface area contributed by atoms with Crippen LogP contribution in [0.25, 0.3) is 0 Å². The van der Waals surface area contributed by atoms with E-state index < -0.39 is 0 Å². The van der Waals surface area contributed by atoms with Gasteiger partial charge in [0.1, 0.15) is 0 Å². The van der Waals surface area contributed by atoms with Crippen LogP contribution in [0, 0.1) is 6.42 Å². The first-order chi connectivity index (χ1) is 5.04. The summed E-state index contributed by atoms with van der Waals surface area (Å²) >= 11 is 0. The number of hydrogen-bond donors (Lipinski definition) is 2. The first-order valence-corrected chi connectivity index (χ1v) is 4.35. The van der Waals surface area contributed by atoms with E-state index in [-0.39, 0.29) is 11.6 Å². The molecule has 3 N–H and O–H groups in total. The Morgan fingerprint density at radius 1 is 1.45 bits per heavy atom. The molecule has 0 spiro atoms. The highest BCUT2D eigenvalue weighted by Crippen LogP contribution is 2.17. The Balaban J connectivity index is 3.69. The van der Waals surface area contributed by atoms with Gasteiger partial charge in [-0.05, 0) is 32.6 Å². The highest BCUT2D eigenvalue weighted by atomic mass is 16.3. The van der Waals surface area contributed by atoms with E-state index in [1.807, 2.05) is 6.42 Å². The fourth-order valence-corrected chi connectivity index (χ4v) is 0.944. The van der Waals surface area contributed by atoms with E-state index in [0.29, 0.717) is 6.42 Å². The normalized spacial score (nSPS) is 15.0. The molecule has 11 heavy (non-hydrogen) atoms. The number of aliphatic hydroxyl groups is 1. The highest BCUT2D eigenvalue weighted by molar-refractivity contribution is 4.95. The molecule has 0 bridgehead atoms. The zero-order chi connectivity index (χ0) is 8.91. The largest absolute Gasteiger partial charge is 0.393 e. The molecule has 0 aliphatic heterocycles. The Kier molecular flexibility index (Phi) is 4.69. The van der Waals surface area contributed by atoms with Crippen molar-refractivity contribution < 1.29 is 5.11 Å². The summed E-state index contributed by atoms with van der Waals surface area (Å²) in [4.78, 5) is 0. The van der Waals surface area contributed by atoms with Crippen molar-refractivity contribution in [3.05, 3.63) is 6.42 Å². The van der Waals surface area contributed by atoms with E-state index >= 15 is 0 Å². The summed E-state index contributed by atoms with van der Waals surface area (Å²) < 4.78 is 0. The molecule has 0 saturated heterocycles. The maximum Gasteiger partial charge on any atom is 0.0515 e. The topological polar surface area (TPSA) is 46.2 Å². The van der Waals surface area contributed by atoms with Crippen LogP contribution >= 0.6 is 0 Å². The fourth-order valence-electron chi connectivity index (χ4n) is 0.944. The van der Waals surface area contributed by atoms with Crippen LogP contribution in [0.15, 0.2) is 0 Å². The molecule has 0 aromatic heterocycles. The smallest absolute Gasteiger partial charge is 0.0515 e. The zero-order valence-corrected chi connectivity index (χ0v) is 7.80. The van der Waals surface area contributed by atoms with Crippen LogP contribution < -0.4 is 5.73 Å². The van der Waals surface area contributed by atoms with Gasteiger partial charge in [-0.1, -0.05) is 13.8 Å². The second kappa shape index (κ2) is 4.73. The molecule has 2 nitrogen and oxygen atoms in total. The minimum Gasteiger partial charge on any atom is -0.393 e. The molecule has 0 aliphatic rings. The monoisotopic (exact) mass is 158 g/mol. The van der Waals surface area contributed by atoms with Gasteiger partial charge >= 0.3 is 0 Å². The van der Waals surface area contributed by atoms with E-state index in [1.165, 1.54) is 0 Å². The predicted octanol–water partition coefficient (Wildman–Crippen LogP) is 1.48. The first kappa shape index (κ1) is 10.9. The Hall–Kier alpha value is -0.0800. The first-order valence-electron chi connectivity index (χ1n) is 4.35. The molecule has 0 saturated carbocycles. The third-order valence-electron chi connectivity index (χ3n) is 2.18. The lowest BCUT2D eigenvalue weighted by molar-refractivity contribution is 0.187. The summed E-state index contributed by atoms with van der Waals surface area (Å²) in [5, 5.41) is 9.02. The van der Waals surface area contributed by atoms with Crippen molar-refractivity contribution in [1.29, 1.82) is 0 Å². The molecular formula is C9H20NO. The summed E-state index contributed by atoms with van der Waals surface area (Å²) in [5.74, 6) is 0. The van der Waals surface area contributed by atoms with Crippen LogP contribution in [-0.2, 0) is 0 Å². The number of nitrogens with two attached hydrogens (primary N) is 1. The van der Waals surface area contributed by atoms with Crippen molar-refractivity contribution in [3.63, 3.8) is 0 Å². The minimum absolute atomic E-state index is 0.170. The molecule has 0 aromatic rings. The Labute approximate surface area is 69.8 Å². The van der Waals surface area contributed by atoms with Gasteiger partial charge < -0.3 is 10.8 Å². The number of hydrogen-bond acceptors (Lipinski definition) is 2. The highest BCUT2D eigenvalue weighted by Gasteiger charge is 2.20. The molecule has 0 aromatic carbocycles. The van der Waals surface area contributed by atoms with E-state index in [0.717, 1.165) is 12.8 Å². The van der Waals surface area contributed by atoms with E-state index in [2.05, 4.69) is 13.8 Å². The van der Waals surface area contributed by atoms with E-state index in [9.17, 15) is 0 Å². The van der Waals surface area contributed by atoms with E-state index in [1.54, 1.807) is 6.92 Å². The summed E-state index contributed by atoms with van der Waals surface area (Å²) in [6.45, 7) is 5.92. The minimum atomic E-state index is -0.268. The lowest BCUT2D eigenvalue weighted by atomic mass is 9.88. The Morgan fingerprint density at radius 2 is 1.91 bits per heavy atom. The molecule has 0 amide bonds.